The number of carbonyl (C=O) groups is 1. The second-order valence-electron chi connectivity index (χ2n) is 5.09. The Morgan fingerprint density at radius 2 is 2.21 bits per heavy atom. The van der Waals surface area contributed by atoms with Crippen LogP contribution >= 0.6 is 0 Å². The number of halogens is 2. The van der Waals surface area contributed by atoms with E-state index in [0.717, 1.165) is 12.1 Å². The summed E-state index contributed by atoms with van der Waals surface area (Å²) in [7, 11) is 0. The quantitative estimate of drug-likeness (QED) is 0.888. The molecule has 1 fully saturated rings. The lowest BCUT2D eigenvalue weighted by atomic mass is 9.96. The third kappa shape index (κ3) is 3.29. The number of rotatable bonds is 2. The highest BCUT2D eigenvalue weighted by molar-refractivity contribution is 5.79. The number of nitrogens with zero attached hydrogens (tertiary/aromatic N) is 1. The zero-order chi connectivity index (χ0) is 14.0. The lowest BCUT2D eigenvalue weighted by molar-refractivity contribution is -0.134. The summed E-state index contributed by atoms with van der Waals surface area (Å²) in [6, 6.07) is 3.23. The molecule has 104 valence electrons. The zero-order valence-corrected chi connectivity index (χ0v) is 10.8. The van der Waals surface area contributed by atoms with Gasteiger partial charge in [-0.3, -0.25) is 4.79 Å². The Kier molecular flexibility index (Phi) is 4.14. The van der Waals surface area contributed by atoms with E-state index in [1.54, 1.807) is 4.90 Å². The molecule has 1 heterocycles. The van der Waals surface area contributed by atoms with Crippen LogP contribution in [0.2, 0.25) is 0 Å². The first kappa shape index (κ1) is 13.9. The highest BCUT2D eigenvalue weighted by Gasteiger charge is 2.27. The predicted octanol–water partition coefficient (Wildman–Crippen LogP) is 1.74. The fraction of sp³-hybridized carbons (Fsp3) is 0.500. The first-order chi connectivity index (χ1) is 8.97. The van der Waals surface area contributed by atoms with Crippen LogP contribution < -0.4 is 0 Å². The van der Waals surface area contributed by atoms with E-state index in [2.05, 4.69) is 0 Å². The Labute approximate surface area is 110 Å². The average Bonchev–Trinajstić information content (AvgIpc) is 2.36. The molecule has 2 atom stereocenters. The van der Waals surface area contributed by atoms with Gasteiger partial charge in [-0.1, -0.05) is 13.0 Å². The van der Waals surface area contributed by atoms with Crippen molar-refractivity contribution >= 4 is 5.91 Å². The molecule has 0 aromatic heterocycles. The molecule has 1 aliphatic rings. The van der Waals surface area contributed by atoms with Crippen molar-refractivity contribution in [3.63, 3.8) is 0 Å². The van der Waals surface area contributed by atoms with Crippen molar-refractivity contribution in [2.24, 2.45) is 5.92 Å². The number of hydrogen-bond donors (Lipinski definition) is 1. The summed E-state index contributed by atoms with van der Waals surface area (Å²) in [5.74, 6) is -1.51. The minimum Gasteiger partial charge on any atom is -0.393 e. The third-order valence-corrected chi connectivity index (χ3v) is 3.57. The summed E-state index contributed by atoms with van der Waals surface area (Å²) >= 11 is 0. The summed E-state index contributed by atoms with van der Waals surface area (Å²) in [6.45, 7) is 2.83. The lowest BCUT2D eigenvalue weighted by Gasteiger charge is -2.34. The van der Waals surface area contributed by atoms with Gasteiger partial charge in [-0.25, -0.2) is 8.78 Å². The lowest BCUT2D eigenvalue weighted by Crippen LogP contribution is -2.45. The number of likely N-dealkylation sites (tertiary alicyclic amines) is 1. The van der Waals surface area contributed by atoms with E-state index >= 15 is 0 Å². The van der Waals surface area contributed by atoms with Crippen LogP contribution in [0.5, 0.6) is 0 Å². The maximum Gasteiger partial charge on any atom is 0.227 e. The van der Waals surface area contributed by atoms with Crippen LogP contribution in [0.1, 0.15) is 18.9 Å². The van der Waals surface area contributed by atoms with Crippen LogP contribution in [0.15, 0.2) is 18.2 Å². The van der Waals surface area contributed by atoms with Gasteiger partial charge in [0, 0.05) is 19.2 Å². The second-order valence-corrected chi connectivity index (χ2v) is 5.09. The van der Waals surface area contributed by atoms with Crippen LogP contribution in [-0.4, -0.2) is 35.1 Å². The predicted molar refractivity (Wildman–Crippen MR) is 66.4 cm³/mol. The Bertz CT molecular complexity index is 479. The van der Waals surface area contributed by atoms with E-state index in [0.29, 0.717) is 19.5 Å². The van der Waals surface area contributed by atoms with E-state index in [-0.39, 0.29) is 29.9 Å². The molecule has 1 amide bonds. The van der Waals surface area contributed by atoms with Crippen molar-refractivity contribution in [3.05, 3.63) is 35.4 Å². The van der Waals surface area contributed by atoms with Gasteiger partial charge in [-0.05, 0) is 24.0 Å². The molecule has 3 nitrogen and oxygen atoms in total. The minimum atomic E-state index is -0.696. The van der Waals surface area contributed by atoms with Crippen molar-refractivity contribution in [1.82, 2.24) is 4.90 Å². The van der Waals surface area contributed by atoms with Crippen LogP contribution in [0.4, 0.5) is 8.78 Å². The van der Waals surface area contributed by atoms with Crippen molar-refractivity contribution in [2.45, 2.75) is 25.9 Å². The van der Waals surface area contributed by atoms with Gasteiger partial charge in [-0.15, -0.1) is 0 Å². The molecule has 0 aliphatic carbocycles. The Morgan fingerprint density at radius 3 is 2.84 bits per heavy atom. The maximum atomic E-state index is 13.5. The summed E-state index contributed by atoms with van der Waals surface area (Å²) < 4.78 is 26.2. The highest BCUT2D eigenvalue weighted by atomic mass is 19.1. The van der Waals surface area contributed by atoms with E-state index in [1.807, 2.05) is 6.92 Å². The van der Waals surface area contributed by atoms with E-state index in [4.69, 9.17) is 0 Å². The van der Waals surface area contributed by atoms with Gasteiger partial charge in [0.05, 0.1) is 12.5 Å². The molecule has 1 aromatic rings. The van der Waals surface area contributed by atoms with Crippen LogP contribution in [0, 0.1) is 17.6 Å². The molecule has 1 aromatic carbocycles. The fourth-order valence-electron chi connectivity index (χ4n) is 2.30. The molecule has 5 heteroatoms. The number of carbonyl (C=O) groups excluding carboxylic acids is 1. The first-order valence-corrected chi connectivity index (χ1v) is 6.37. The van der Waals surface area contributed by atoms with Gasteiger partial charge in [0.25, 0.3) is 0 Å². The molecule has 2 rings (SSSR count). The number of amides is 1. The molecule has 2 unspecified atom stereocenters. The van der Waals surface area contributed by atoms with Gasteiger partial charge >= 0.3 is 0 Å². The molecule has 0 bridgehead atoms. The summed E-state index contributed by atoms with van der Waals surface area (Å²) in [6.07, 6.45) is 0.0832. The SMILES string of the molecule is CC1CN(C(=O)Cc2ccc(F)cc2F)CCC1O. The number of piperidine rings is 1. The zero-order valence-electron chi connectivity index (χ0n) is 10.8. The van der Waals surface area contributed by atoms with Crippen molar-refractivity contribution in [2.75, 3.05) is 13.1 Å². The van der Waals surface area contributed by atoms with Crippen LogP contribution in [-0.2, 0) is 11.2 Å². The number of aliphatic hydroxyl groups is 1. The third-order valence-electron chi connectivity index (χ3n) is 3.57. The summed E-state index contributed by atoms with van der Waals surface area (Å²) in [5, 5.41) is 9.60. The van der Waals surface area contributed by atoms with Crippen LogP contribution in [0.25, 0.3) is 0 Å². The summed E-state index contributed by atoms with van der Waals surface area (Å²) in [4.78, 5) is 13.7. The number of aliphatic hydroxyl groups excluding tert-OH is 1. The van der Waals surface area contributed by atoms with Gasteiger partial charge in [-0.2, -0.15) is 0 Å². The monoisotopic (exact) mass is 269 g/mol. The first-order valence-electron chi connectivity index (χ1n) is 6.37. The second kappa shape index (κ2) is 5.65. The molecule has 1 N–H and O–H groups in total. The van der Waals surface area contributed by atoms with E-state index in [1.165, 1.54) is 6.07 Å². The largest absolute Gasteiger partial charge is 0.393 e. The van der Waals surface area contributed by atoms with Crippen molar-refractivity contribution in [1.29, 1.82) is 0 Å². The molecular weight excluding hydrogens is 252 g/mol. The minimum absolute atomic E-state index is 0.0239. The Balaban J connectivity index is 2.01. The standard InChI is InChI=1S/C14H17F2NO2/c1-9-8-17(5-4-13(9)18)14(19)6-10-2-3-11(15)7-12(10)16/h2-3,7,9,13,18H,4-6,8H2,1H3. The number of hydrogen-bond acceptors (Lipinski definition) is 2. The normalized spacial score (nSPS) is 23.5. The molecule has 1 aliphatic heterocycles. The van der Waals surface area contributed by atoms with E-state index < -0.39 is 11.6 Å². The molecule has 1 saturated heterocycles. The molecule has 0 radical (unpaired) electrons. The van der Waals surface area contributed by atoms with E-state index in [9.17, 15) is 18.7 Å². The van der Waals surface area contributed by atoms with Gasteiger partial charge in [0.1, 0.15) is 11.6 Å². The van der Waals surface area contributed by atoms with Gasteiger partial charge < -0.3 is 10.0 Å². The Morgan fingerprint density at radius 1 is 1.47 bits per heavy atom. The molecular formula is C14H17F2NO2. The van der Waals surface area contributed by atoms with Crippen molar-refractivity contribution < 1.29 is 18.7 Å². The van der Waals surface area contributed by atoms with Crippen LogP contribution in [0.3, 0.4) is 0 Å². The average molecular weight is 269 g/mol. The summed E-state index contributed by atoms with van der Waals surface area (Å²) in [5.41, 5.74) is 0.199. The highest BCUT2D eigenvalue weighted by Crippen LogP contribution is 2.18. The Hall–Kier alpha value is -1.49. The topological polar surface area (TPSA) is 40.5 Å². The maximum absolute atomic E-state index is 13.5. The number of benzene rings is 1. The van der Waals surface area contributed by atoms with Gasteiger partial charge in [0.2, 0.25) is 5.91 Å². The molecule has 0 saturated carbocycles. The molecule has 0 spiro atoms. The smallest absolute Gasteiger partial charge is 0.227 e. The molecule has 19 heavy (non-hydrogen) atoms. The van der Waals surface area contributed by atoms with Crippen molar-refractivity contribution in [3.8, 4) is 0 Å². The van der Waals surface area contributed by atoms with Gasteiger partial charge in [0.15, 0.2) is 0 Å². The fourth-order valence-corrected chi connectivity index (χ4v) is 2.30.